The monoisotopic (exact) mass is 876 g/mol. The summed E-state index contributed by atoms with van der Waals surface area (Å²) in [6.45, 7) is 7.22. The number of hydrogen-bond acceptors (Lipinski definition) is 13. The maximum atomic E-state index is 13.4. The van der Waals surface area contributed by atoms with Crippen LogP contribution in [-0.2, 0) is 38.6 Å². The van der Waals surface area contributed by atoms with Crippen molar-refractivity contribution >= 4 is 69.4 Å². The third-order valence-corrected chi connectivity index (χ3v) is 11.9. The van der Waals surface area contributed by atoms with Gasteiger partial charge in [-0.05, 0) is 56.7 Å². The molecule has 2 amide bonds. The van der Waals surface area contributed by atoms with Crippen LogP contribution < -0.4 is 15.4 Å². The normalized spacial score (nSPS) is 13.3. The Kier molecular flexibility index (Phi) is 13.1. The molecule has 2 aromatic carbocycles. The van der Waals surface area contributed by atoms with Gasteiger partial charge in [0.05, 0.1) is 61.8 Å². The van der Waals surface area contributed by atoms with E-state index in [4.69, 9.17) is 42.8 Å². The number of aromatic nitrogens is 7. The average Bonchev–Trinajstić information content (AvgIpc) is 4.00. The summed E-state index contributed by atoms with van der Waals surface area (Å²) in [6.07, 6.45) is 1.78. The number of aryl methyl sites for hydroxylation is 2. The number of ether oxygens (including phenoxy) is 2. The number of rotatable bonds is 17. The molecule has 306 valence electrons. The van der Waals surface area contributed by atoms with E-state index in [0.717, 1.165) is 33.2 Å². The van der Waals surface area contributed by atoms with Crippen LogP contribution >= 0.6 is 45.9 Å². The fraction of sp³-hybridized carbons (Fsp3) is 0.308. The number of carboxylic acid groups (broad SMARTS) is 1. The van der Waals surface area contributed by atoms with Gasteiger partial charge < -0.3 is 25.2 Å². The van der Waals surface area contributed by atoms with Crippen molar-refractivity contribution in [3.8, 4) is 21.3 Å². The molecular formula is C39H38Cl2N10O6S2. The number of nitrogens with one attached hydrogen (secondary N) is 2. The minimum absolute atomic E-state index is 0.0342. The number of thiophene rings is 1. The number of aliphatic imine (C=N–C) groups is 1. The van der Waals surface area contributed by atoms with E-state index in [2.05, 4.69) is 50.0 Å². The van der Waals surface area contributed by atoms with Gasteiger partial charge in [-0.1, -0.05) is 40.5 Å². The Morgan fingerprint density at radius 3 is 2.54 bits per heavy atom. The summed E-state index contributed by atoms with van der Waals surface area (Å²) in [5.41, 5.74) is 5.59. The van der Waals surface area contributed by atoms with Crippen LogP contribution in [0.25, 0.3) is 15.6 Å². The summed E-state index contributed by atoms with van der Waals surface area (Å²) in [5.74, 6) is 0.115. The van der Waals surface area contributed by atoms with E-state index in [-0.39, 0.29) is 31.9 Å². The highest BCUT2D eigenvalue weighted by atomic mass is 35.5. The molecular weight excluding hydrogens is 840 g/mol. The minimum atomic E-state index is -1.12. The number of carbonyl (C=O) groups excluding carboxylic acids is 2. The van der Waals surface area contributed by atoms with Gasteiger partial charge in [0, 0.05) is 32.0 Å². The fourth-order valence-electron chi connectivity index (χ4n) is 6.25. The first-order valence-electron chi connectivity index (χ1n) is 18.4. The van der Waals surface area contributed by atoms with Gasteiger partial charge in [0.25, 0.3) is 0 Å². The predicted molar refractivity (Wildman–Crippen MR) is 223 cm³/mol. The van der Waals surface area contributed by atoms with Crippen LogP contribution in [0.5, 0.6) is 5.75 Å². The number of carboxylic acids is 1. The summed E-state index contributed by atoms with van der Waals surface area (Å²) in [7, 11) is 0. The molecule has 16 nitrogen and oxygen atoms in total. The zero-order chi connectivity index (χ0) is 41.6. The average molecular weight is 878 g/mol. The van der Waals surface area contributed by atoms with Crippen LogP contribution in [0.1, 0.15) is 57.1 Å². The molecule has 1 atom stereocenters. The second-order valence-electron chi connectivity index (χ2n) is 13.5. The van der Waals surface area contributed by atoms with Gasteiger partial charge in [-0.25, -0.2) is 9.67 Å². The van der Waals surface area contributed by atoms with Crippen molar-refractivity contribution in [2.24, 2.45) is 4.99 Å². The van der Waals surface area contributed by atoms with E-state index >= 15 is 0 Å². The topological polar surface area (TPSA) is 201 Å². The van der Waals surface area contributed by atoms with Gasteiger partial charge in [-0.15, -0.1) is 38.0 Å². The number of aliphatic carboxylic acids is 1. The summed E-state index contributed by atoms with van der Waals surface area (Å²) in [4.78, 5) is 46.8. The second-order valence-corrected chi connectivity index (χ2v) is 16.4. The molecule has 0 bridgehead atoms. The maximum absolute atomic E-state index is 13.4. The van der Waals surface area contributed by atoms with E-state index in [1.165, 1.54) is 16.2 Å². The summed E-state index contributed by atoms with van der Waals surface area (Å²) in [6, 6.07) is 12.2. The lowest BCUT2D eigenvalue weighted by molar-refractivity contribution is -0.137. The van der Waals surface area contributed by atoms with Crippen LogP contribution in [-0.4, -0.2) is 89.7 Å². The number of carbonyl (C=O) groups is 3. The molecule has 1 aliphatic heterocycles. The summed E-state index contributed by atoms with van der Waals surface area (Å²) >= 11 is 15.7. The second kappa shape index (κ2) is 18.6. The van der Waals surface area contributed by atoms with Gasteiger partial charge >= 0.3 is 5.97 Å². The predicted octanol–water partition coefficient (Wildman–Crippen LogP) is 5.71. The number of hydrogen-bond donors (Lipinski definition) is 3. The molecule has 59 heavy (non-hydrogen) atoms. The Labute approximate surface area is 356 Å². The minimum Gasteiger partial charge on any atom is -0.491 e. The van der Waals surface area contributed by atoms with Crippen LogP contribution in [0, 0.1) is 20.8 Å². The number of fused-ring (bicyclic) bond motifs is 3. The lowest BCUT2D eigenvalue weighted by atomic mass is 9.99. The molecule has 1 aliphatic rings. The lowest BCUT2D eigenvalue weighted by Crippen LogP contribution is -2.30. The highest BCUT2D eigenvalue weighted by molar-refractivity contribution is 7.15. The van der Waals surface area contributed by atoms with Crippen molar-refractivity contribution in [2.45, 2.75) is 52.7 Å². The number of benzene rings is 2. The van der Waals surface area contributed by atoms with E-state index in [1.807, 2.05) is 35.8 Å². The van der Waals surface area contributed by atoms with Gasteiger partial charge in [-0.2, -0.15) is 0 Å². The number of thiazole rings is 1. The van der Waals surface area contributed by atoms with E-state index in [9.17, 15) is 14.4 Å². The van der Waals surface area contributed by atoms with Crippen LogP contribution in [0.4, 0.5) is 0 Å². The molecule has 6 aromatic rings. The van der Waals surface area contributed by atoms with E-state index in [1.54, 1.807) is 45.8 Å². The molecule has 3 N–H and O–H groups in total. The SMILES string of the molecule is Cc1sc2c(c1C)C(c1ccc(Cl)cc1)=NC(CC(=O)NCc1cn(CCOCCOc3ccc(-c4nc(CC(=O)NCC(=O)O)cs4)c(Cl)c3)nn1)c1nnc(C)n1-2. The molecule has 5 heterocycles. The van der Waals surface area contributed by atoms with Crippen molar-refractivity contribution in [2.75, 3.05) is 26.4 Å². The van der Waals surface area contributed by atoms with Gasteiger partial charge in [0.2, 0.25) is 11.8 Å². The molecule has 0 aliphatic carbocycles. The van der Waals surface area contributed by atoms with E-state index < -0.39 is 24.5 Å². The Balaban J connectivity index is 0.869. The van der Waals surface area contributed by atoms with Crippen molar-refractivity contribution < 1.29 is 29.0 Å². The smallest absolute Gasteiger partial charge is 0.322 e. The first-order valence-corrected chi connectivity index (χ1v) is 20.8. The Morgan fingerprint density at radius 1 is 0.949 bits per heavy atom. The molecule has 4 aromatic heterocycles. The first-order chi connectivity index (χ1) is 28.4. The third-order valence-electron chi connectivity index (χ3n) is 9.25. The van der Waals surface area contributed by atoms with Gasteiger partial charge in [0.15, 0.2) is 5.82 Å². The first kappa shape index (κ1) is 41.6. The summed E-state index contributed by atoms with van der Waals surface area (Å²) < 4.78 is 15.2. The lowest BCUT2D eigenvalue weighted by Gasteiger charge is -2.13. The molecule has 0 spiro atoms. The molecule has 0 saturated carbocycles. The molecule has 20 heteroatoms. The Hall–Kier alpha value is -5.53. The highest BCUT2D eigenvalue weighted by Crippen LogP contribution is 2.40. The molecule has 7 rings (SSSR count). The van der Waals surface area contributed by atoms with Crippen LogP contribution in [0.2, 0.25) is 10.0 Å². The molecule has 0 fully saturated rings. The standard InChI is InChI=1S/C39H38Cl2N10O6S2/c1-21-22(2)59-39-35(21)36(24-4-6-25(40)7-5-24)45-31(37-48-46-23(3)51(37)39)16-33(53)42-17-27-19-50(49-47-27)10-11-56-12-13-57-28-8-9-29(30(41)15-28)38-44-26(20-58-38)14-32(52)43-18-34(54)55/h4-9,15,19-20,31H,10-14,16-18H2,1-3H3,(H,42,53)(H,43,52)(H,54,55). The number of halogens is 2. The Morgan fingerprint density at radius 2 is 1.76 bits per heavy atom. The zero-order valence-corrected chi connectivity index (χ0v) is 35.2. The Bertz CT molecular complexity index is 2530. The van der Waals surface area contributed by atoms with Gasteiger partial charge in [0.1, 0.15) is 46.5 Å². The highest BCUT2D eigenvalue weighted by Gasteiger charge is 2.32. The van der Waals surface area contributed by atoms with Crippen LogP contribution in [0.3, 0.4) is 0 Å². The molecule has 0 saturated heterocycles. The maximum Gasteiger partial charge on any atom is 0.322 e. The largest absolute Gasteiger partial charge is 0.491 e. The zero-order valence-electron chi connectivity index (χ0n) is 32.1. The number of nitrogens with zero attached hydrogens (tertiary/aromatic N) is 8. The molecule has 1 unspecified atom stereocenters. The van der Waals surface area contributed by atoms with Crippen molar-refractivity contribution in [3.63, 3.8) is 0 Å². The van der Waals surface area contributed by atoms with Gasteiger partial charge in [-0.3, -0.25) is 23.9 Å². The van der Waals surface area contributed by atoms with Crippen molar-refractivity contribution in [3.05, 3.63) is 109 Å². The van der Waals surface area contributed by atoms with E-state index in [0.29, 0.717) is 63.3 Å². The quantitative estimate of drug-likeness (QED) is 0.0948. The number of amides is 2. The summed E-state index contributed by atoms with van der Waals surface area (Å²) in [5, 5.41) is 35.6. The third kappa shape index (κ3) is 10.0. The van der Waals surface area contributed by atoms with Crippen molar-refractivity contribution in [1.82, 2.24) is 45.4 Å². The van der Waals surface area contributed by atoms with Crippen LogP contribution in [0.15, 0.2) is 59.0 Å². The van der Waals surface area contributed by atoms with Crippen molar-refractivity contribution in [1.29, 1.82) is 0 Å². The fourth-order valence-corrected chi connectivity index (χ4v) is 8.76. The molecule has 0 radical (unpaired) electrons.